The molecule has 0 radical (unpaired) electrons. The maximum atomic E-state index is 10.3. The van der Waals surface area contributed by atoms with Crippen LogP contribution in [0, 0.1) is 0 Å². The Kier molecular flexibility index (Phi) is 13.2. The van der Waals surface area contributed by atoms with Gasteiger partial charge in [0, 0.05) is 6.42 Å². The molecule has 0 saturated carbocycles. The number of carbonyl (C=O) groups is 2. The Morgan fingerprint density at radius 1 is 0.650 bits per heavy atom. The van der Waals surface area contributed by atoms with Crippen LogP contribution in [0.4, 0.5) is 0 Å². The van der Waals surface area contributed by atoms with Gasteiger partial charge in [-0.15, -0.1) is 0 Å². The molecule has 4 heteroatoms. The third-order valence-corrected chi connectivity index (χ3v) is 3.22. The molecule has 0 aromatic heterocycles. The number of hydrogen-bond donors (Lipinski definition) is 2. The molecule has 0 aromatic rings. The minimum absolute atomic E-state index is 0.127. The van der Waals surface area contributed by atoms with Crippen molar-refractivity contribution in [3.8, 4) is 0 Å². The summed E-state index contributed by atoms with van der Waals surface area (Å²) in [7, 11) is 0. The maximum Gasteiger partial charge on any atom is 0.307 e. The molecule has 0 aliphatic rings. The monoisotopic (exact) mass is 284 g/mol. The largest absolute Gasteiger partial charge is 0.481 e. The highest BCUT2D eigenvalue weighted by Gasteiger charge is 1.96. The van der Waals surface area contributed by atoms with Gasteiger partial charge in [0.15, 0.2) is 0 Å². The molecule has 20 heavy (non-hydrogen) atoms. The molecule has 116 valence electrons. The second-order valence-corrected chi connectivity index (χ2v) is 5.18. The van der Waals surface area contributed by atoms with Gasteiger partial charge >= 0.3 is 11.9 Å². The van der Waals surface area contributed by atoms with Crippen LogP contribution in [0.2, 0.25) is 0 Å². The average Bonchev–Trinajstić information content (AvgIpc) is 2.38. The topological polar surface area (TPSA) is 74.6 Å². The minimum Gasteiger partial charge on any atom is -0.481 e. The van der Waals surface area contributed by atoms with Crippen LogP contribution in [-0.2, 0) is 9.59 Å². The molecule has 0 unspecified atom stereocenters. The summed E-state index contributed by atoms with van der Waals surface area (Å²) in [4.78, 5) is 20.6. The van der Waals surface area contributed by atoms with Crippen LogP contribution in [0.15, 0.2) is 12.2 Å². The van der Waals surface area contributed by atoms with Gasteiger partial charge in [-0.1, -0.05) is 57.1 Å². The van der Waals surface area contributed by atoms with E-state index in [2.05, 4.69) is 0 Å². The first-order chi connectivity index (χ1) is 9.63. The normalized spacial score (nSPS) is 11.0. The van der Waals surface area contributed by atoms with Crippen molar-refractivity contribution in [2.24, 2.45) is 0 Å². The third kappa shape index (κ3) is 16.7. The van der Waals surface area contributed by atoms with E-state index in [0.717, 1.165) is 32.1 Å². The fourth-order valence-corrected chi connectivity index (χ4v) is 2.08. The summed E-state index contributed by atoms with van der Waals surface area (Å²) in [6, 6.07) is 0. The second kappa shape index (κ2) is 14.1. The number of carboxylic acid groups (broad SMARTS) is 2. The number of aliphatic carboxylic acids is 2. The van der Waals surface area contributed by atoms with Crippen molar-refractivity contribution in [2.75, 3.05) is 0 Å². The summed E-state index contributed by atoms with van der Waals surface area (Å²) >= 11 is 0. The number of unbranched alkanes of at least 4 members (excludes halogenated alkanes) is 9. The highest BCUT2D eigenvalue weighted by Crippen LogP contribution is 2.11. The van der Waals surface area contributed by atoms with Gasteiger partial charge in [-0.2, -0.15) is 0 Å². The van der Waals surface area contributed by atoms with E-state index < -0.39 is 11.9 Å². The van der Waals surface area contributed by atoms with Crippen LogP contribution < -0.4 is 0 Å². The van der Waals surface area contributed by atoms with E-state index in [4.69, 9.17) is 10.2 Å². The first-order valence-electron chi connectivity index (χ1n) is 7.71. The lowest BCUT2D eigenvalue weighted by molar-refractivity contribution is -0.137. The molecule has 0 rings (SSSR count). The van der Waals surface area contributed by atoms with Gasteiger partial charge in [0.2, 0.25) is 0 Å². The van der Waals surface area contributed by atoms with Gasteiger partial charge in [-0.3, -0.25) is 9.59 Å². The zero-order chi connectivity index (χ0) is 15.1. The summed E-state index contributed by atoms with van der Waals surface area (Å²) in [5.41, 5.74) is 0. The summed E-state index contributed by atoms with van der Waals surface area (Å²) < 4.78 is 0. The molecule has 0 spiro atoms. The summed E-state index contributed by atoms with van der Waals surface area (Å²) in [5.74, 6) is -1.47. The third-order valence-electron chi connectivity index (χ3n) is 3.22. The van der Waals surface area contributed by atoms with Crippen LogP contribution in [-0.4, -0.2) is 22.2 Å². The smallest absolute Gasteiger partial charge is 0.307 e. The summed E-state index contributed by atoms with van der Waals surface area (Å²) in [5, 5.41) is 16.9. The van der Waals surface area contributed by atoms with Gasteiger partial charge in [-0.25, -0.2) is 0 Å². The molecular formula is C16H28O4. The Bertz CT molecular complexity index is 284. The van der Waals surface area contributed by atoms with Crippen molar-refractivity contribution in [2.45, 2.75) is 77.0 Å². The Balaban J connectivity index is 3.08. The zero-order valence-electron chi connectivity index (χ0n) is 12.4. The van der Waals surface area contributed by atoms with Crippen molar-refractivity contribution in [1.82, 2.24) is 0 Å². The van der Waals surface area contributed by atoms with E-state index in [1.807, 2.05) is 6.08 Å². The highest BCUT2D eigenvalue weighted by molar-refractivity contribution is 5.68. The van der Waals surface area contributed by atoms with Gasteiger partial charge in [-0.05, 0) is 19.3 Å². The van der Waals surface area contributed by atoms with Crippen molar-refractivity contribution >= 4 is 11.9 Å². The summed E-state index contributed by atoms with van der Waals surface area (Å²) in [6.45, 7) is 0. The van der Waals surface area contributed by atoms with E-state index in [9.17, 15) is 9.59 Å². The van der Waals surface area contributed by atoms with Crippen LogP contribution in [0.3, 0.4) is 0 Å². The molecule has 0 amide bonds. The Morgan fingerprint density at radius 2 is 1.15 bits per heavy atom. The van der Waals surface area contributed by atoms with E-state index in [-0.39, 0.29) is 6.42 Å². The SMILES string of the molecule is O=C(O)C/C=C/CCCCCCCCCCCC(=O)O. The van der Waals surface area contributed by atoms with Crippen LogP contribution >= 0.6 is 0 Å². The van der Waals surface area contributed by atoms with Crippen molar-refractivity contribution in [3.05, 3.63) is 12.2 Å². The van der Waals surface area contributed by atoms with E-state index >= 15 is 0 Å². The molecule has 0 fully saturated rings. The summed E-state index contributed by atoms with van der Waals surface area (Å²) in [6.07, 6.45) is 15.3. The predicted octanol–water partition coefficient (Wildman–Crippen LogP) is 4.39. The lowest BCUT2D eigenvalue weighted by Crippen LogP contribution is -1.93. The molecule has 2 N–H and O–H groups in total. The van der Waals surface area contributed by atoms with Gasteiger partial charge < -0.3 is 10.2 Å². The van der Waals surface area contributed by atoms with E-state index in [1.165, 1.54) is 32.1 Å². The van der Waals surface area contributed by atoms with Gasteiger partial charge in [0.05, 0.1) is 6.42 Å². The fraction of sp³-hybridized carbons (Fsp3) is 0.750. The van der Waals surface area contributed by atoms with Gasteiger partial charge in [0.25, 0.3) is 0 Å². The molecule has 0 atom stereocenters. The number of rotatable bonds is 14. The number of carboxylic acids is 2. The molecule has 0 bridgehead atoms. The van der Waals surface area contributed by atoms with Crippen molar-refractivity contribution in [1.29, 1.82) is 0 Å². The average molecular weight is 284 g/mol. The van der Waals surface area contributed by atoms with Crippen LogP contribution in [0.1, 0.15) is 77.0 Å². The maximum absolute atomic E-state index is 10.3. The Morgan fingerprint density at radius 3 is 1.65 bits per heavy atom. The number of allylic oxidation sites excluding steroid dienone is 1. The quantitative estimate of drug-likeness (QED) is 0.366. The Hall–Kier alpha value is -1.32. The Labute approximate surface area is 121 Å². The highest BCUT2D eigenvalue weighted by atomic mass is 16.4. The molecular weight excluding hydrogens is 256 g/mol. The first kappa shape index (κ1) is 18.7. The van der Waals surface area contributed by atoms with Gasteiger partial charge in [0.1, 0.15) is 0 Å². The lowest BCUT2D eigenvalue weighted by Gasteiger charge is -2.01. The van der Waals surface area contributed by atoms with Crippen LogP contribution in [0.5, 0.6) is 0 Å². The van der Waals surface area contributed by atoms with E-state index in [1.54, 1.807) is 6.08 Å². The minimum atomic E-state index is -0.774. The number of hydrogen-bond acceptors (Lipinski definition) is 2. The fourth-order valence-electron chi connectivity index (χ4n) is 2.08. The van der Waals surface area contributed by atoms with Crippen molar-refractivity contribution < 1.29 is 19.8 Å². The molecule has 0 aliphatic heterocycles. The first-order valence-corrected chi connectivity index (χ1v) is 7.71. The molecule has 4 nitrogen and oxygen atoms in total. The standard InChI is InChI=1S/C16H28O4/c17-15(18)13-11-9-7-5-3-1-2-4-6-8-10-12-14-16(19)20/h9,11H,1-8,10,12-14H2,(H,17,18)(H,19,20)/b11-9+. The molecule has 0 saturated heterocycles. The predicted molar refractivity (Wildman–Crippen MR) is 79.8 cm³/mol. The lowest BCUT2D eigenvalue weighted by atomic mass is 10.1. The van der Waals surface area contributed by atoms with Crippen LogP contribution in [0.25, 0.3) is 0 Å². The van der Waals surface area contributed by atoms with E-state index in [0.29, 0.717) is 6.42 Å². The zero-order valence-corrected chi connectivity index (χ0v) is 12.4. The second-order valence-electron chi connectivity index (χ2n) is 5.18. The molecule has 0 aromatic carbocycles. The van der Waals surface area contributed by atoms with Crippen molar-refractivity contribution in [3.63, 3.8) is 0 Å². The molecule has 0 heterocycles. The molecule has 0 aliphatic carbocycles.